The van der Waals surface area contributed by atoms with Crippen molar-refractivity contribution >= 4 is 5.65 Å². The highest BCUT2D eigenvalue weighted by Gasteiger charge is 2.33. The van der Waals surface area contributed by atoms with Gasteiger partial charge in [0, 0.05) is 37.1 Å². The highest BCUT2D eigenvalue weighted by molar-refractivity contribution is 5.57. The van der Waals surface area contributed by atoms with E-state index >= 15 is 0 Å². The second-order valence-electron chi connectivity index (χ2n) is 7.11. The van der Waals surface area contributed by atoms with Gasteiger partial charge in [-0.1, -0.05) is 0 Å². The summed E-state index contributed by atoms with van der Waals surface area (Å²) in [7, 11) is 0. The SMILES string of the molecule is FC(F)(F)c1cn2c(-c3nccc(-n4ccc(C5CCCNC5)n4)n3)cnc2cn1. The fourth-order valence-corrected chi connectivity index (χ4v) is 3.59. The molecular weight excluding hydrogens is 397 g/mol. The first-order valence-electron chi connectivity index (χ1n) is 9.49. The van der Waals surface area contributed by atoms with E-state index in [1.54, 1.807) is 16.9 Å². The summed E-state index contributed by atoms with van der Waals surface area (Å²) < 4.78 is 42.1. The van der Waals surface area contributed by atoms with E-state index in [0.29, 0.717) is 17.4 Å². The highest BCUT2D eigenvalue weighted by atomic mass is 19.4. The normalized spacial score (nSPS) is 17.5. The van der Waals surface area contributed by atoms with Gasteiger partial charge < -0.3 is 5.32 Å². The number of nitrogens with zero attached hydrogens (tertiary/aromatic N) is 7. The Morgan fingerprint density at radius 1 is 1.10 bits per heavy atom. The van der Waals surface area contributed by atoms with Crippen LogP contribution in [-0.4, -0.2) is 47.2 Å². The average Bonchev–Trinajstić information content (AvgIpc) is 3.41. The van der Waals surface area contributed by atoms with E-state index in [0.717, 1.165) is 44.0 Å². The Labute approximate surface area is 168 Å². The minimum absolute atomic E-state index is 0.246. The molecule has 30 heavy (non-hydrogen) atoms. The lowest BCUT2D eigenvalue weighted by Crippen LogP contribution is -2.28. The summed E-state index contributed by atoms with van der Waals surface area (Å²) in [6.07, 6.45) is 4.41. The zero-order chi connectivity index (χ0) is 20.7. The third-order valence-electron chi connectivity index (χ3n) is 5.12. The van der Waals surface area contributed by atoms with Crippen molar-refractivity contribution in [3.05, 3.63) is 54.5 Å². The lowest BCUT2D eigenvalue weighted by Gasteiger charge is -2.20. The van der Waals surface area contributed by atoms with Gasteiger partial charge in [0.25, 0.3) is 0 Å². The van der Waals surface area contributed by atoms with Gasteiger partial charge in [-0.15, -0.1) is 0 Å². The molecule has 4 aromatic heterocycles. The van der Waals surface area contributed by atoms with Crippen LogP contribution < -0.4 is 5.32 Å². The quantitative estimate of drug-likeness (QED) is 0.555. The number of hydrogen-bond acceptors (Lipinski definition) is 6. The summed E-state index contributed by atoms with van der Waals surface area (Å²) in [5.41, 5.74) is 0.586. The van der Waals surface area contributed by atoms with Crippen LogP contribution in [-0.2, 0) is 6.18 Å². The topological polar surface area (TPSA) is 85.8 Å². The Hall–Kier alpha value is -3.34. The molecule has 0 amide bonds. The van der Waals surface area contributed by atoms with Gasteiger partial charge in [0.05, 0.1) is 18.1 Å². The van der Waals surface area contributed by atoms with Gasteiger partial charge in [-0.05, 0) is 25.5 Å². The van der Waals surface area contributed by atoms with E-state index in [2.05, 4.69) is 30.4 Å². The Morgan fingerprint density at radius 2 is 2.00 bits per heavy atom. The first-order valence-corrected chi connectivity index (χ1v) is 9.49. The second-order valence-corrected chi connectivity index (χ2v) is 7.11. The maximum absolute atomic E-state index is 13.1. The Kier molecular flexibility index (Phi) is 4.46. The van der Waals surface area contributed by atoms with Crippen LogP contribution in [0.5, 0.6) is 0 Å². The van der Waals surface area contributed by atoms with Crippen LogP contribution in [0.15, 0.2) is 43.1 Å². The fraction of sp³-hybridized carbons (Fsp3) is 0.316. The van der Waals surface area contributed by atoms with E-state index in [9.17, 15) is 13.2 Å². The van der Waals surface area contributed by atoms with Gasteiger partial charge in [-0.3, -0.25) is 4.40 Å². The van der Waals surface area contributed by atoms with Crippen molar-refractivity contribution in [3.63, 3.8) is 0 Å². The summed E-state index contributed by atoms with van der Waals surface area (Å²) in [4.78, 5) is 16.3. The smallest absolute Gasteiger partial charge is 0.316 e. The zero-order valence-corrected chi connectivity index (χ0v) is 15.7. The molecule has 5 heterocycles. The van der Waals surface area contributed by atoms with E-state index in [1.807, 2.05) is 12.3 Å². The summed E-state index contributed by atoms with van der Waals surface area (Å²) in [5.74, 6) is 1.12. The van der Waals surface area contributed by atoms with Crippen LogP contribution in [0.4, 0.5) is 13.2 Å². The summed E-state index contributed by atoms with van der Waals surface area (Å²) in [6.45, 7) is 1.92. The molecule has 0 bridgehead atoms. The maximum Gasteiger partial charge on any atom is 0.434 e. The number of nitrogens with one attached hydrogen (secondary N) is 1. The molecule has 1 unspecified atom stereocenters. The number of halogens is 3. The van der Waals surface area contributed by atoms with Crippen LogP contribution in [0.1, 0.15) is 30.1 Å². The third kappa shape index (κ3) is 3.41. The summed E-state index contributed by atoms with van der Waals surface area (Å²) >= 11 is 0. The fourth-order valence-electron chi connectivity index (χ4n) is 3.59. The number of imidazole rings is 1. The number of rotatable bonds is 3. The first-order chi connectivity index (χ1) is 14.5. The van der Waals surface area contributed by atoms with Crippen molar-refractivity contribution in [2.75, 3.05) is 13.1 Å². The molecule has 0 aromatic carbocycles. The number of piperidine rings is 1. The molecule has 0 saturated carbocycles. The standard InChI is InChI=1S/C19H17F3N8/c20-19(21,22)15-11-29-14(9-26-17(29)10-25-15)18-24-6-3-16(27-18)30-7-4-13(28-30)12-2-1-5-23-8-12/h3-4,6-7,9-12,23H,1-2,5,8H2. The van der Waals surface area contributed by atoms with Gasteiger partial charge in [-0.2, -0.15) is 18.3 Å². The number of hydrogen-bond donors (Lipinski definition) is 1. The largest absolute Gasteiger partial charge is 0.434 e. The molecule has 5 rings (SSSR count). The minimum Gasteiger partial charge on any atom is -0.316 e. The second kappa shape index (κ2) is 7.17. The van der Waals surface area contributed by atoms with Crippen molar-refractivity contribution < 1.29 is 13.2 Å². The molecule has 0 aliphatic carbocycles. The van der Waals surface area contributed by atoms with E-state index in [1.165, 1.54) is 10.6 Å². The van der Waals surface area contributed by atoms with E-state index in [-0.39, 0.29) is 11.5 Å². The van der Waals surface area contributed by atoms with Crippen molar-refractivity contribution in [1.82, 2.24) is 39.4 Å². The molecule has 1 aliphatic rings. The Bertz CT molecular complexity index is 1190. The van der Waals surface area contributed by atoms with Gasteiger partial charge in [0.1, 0.15) is 5.69 Å². The lowest BCUT2D eigenvalue weighted by molar-refractivity contribution is -0.141. The molecule has 1 atom stereocenters. The molecule has 1 fully saturated rings. The first kappa shape index (κ1) is 18.7. The van der Waals surface area contributed by atoms with E-state index in [4.69, 9.17) is 0 Å². The maximum atomic E-state index is 13.1. The van der Waals surface area contributed by atoms with Crippen molar-refractivity contribution in [2.45, 2.75) is 24.9 Å². The molecule has 1 N–H and O–H groups in total. The van der Waals surface area contributed by atoms with Gasteiger partial charge in [0.2, 0.25) is 0 Å². The van der Waals surface area contributed by atoms with Gasteiger partial charge in [0.15, 0.2) is 23.0 Å². The molecule has 11 heteroatoms. The lowest BCUT2D eigenvalue weighted by atomic mass is 9.97. The summed E-state index contributed by atoms with van der Waals surface area (Å²) in [5, 5.41) is 8.01. The number of aromatic nitrogens is 7. The van der Waals surface area contributed by atoms with Crippen molar-refractivity contribution in [3.8, 4) is 17.3 Å². The monoisotopic (exact) mass is 414 g/mol. The van der Waals surface area contributed by atoms with Crippen molar-refractivity contribution in [2.24, 2.45) is 0 Å². The van der Waals surface area contributed by atoms with Crippen LogP contribution in [0.25, 0.3) is 23.0 Å². The molecule has 154 valence electrons. The molecule has 8 nitrogen and oxygen atoms in total. The predicted octanol–water partition coefficient (Wildman–Crippen LogP) is 2.86. The average molecular weight is 414 g/mol. The molecule has 0 radical (unpaired) electrons. The third-order valence-corrected chi connectivity index (χ3v) is 5.12. The molecule has 4 aromatic rings. The van der Waals surface area contributed by atoms with Crippen LogP contribution in [0.3, 0.4) is 0 Å². The van der Waals surface area contributed by atoms with E-state index < -0.39 is 11.9 Å². The molecule has 0 spiro atoms. The zero-order valence-electron chi connectivity index (χ0n) is 15.7. The van der Waals surface area contributed by atoms with Gasteiger partial charge >= 0.3 is 6.18 Å². The van der Waals surface area contributed by atoms with Crippen LogP contribution in [0, 0.1) is 0 Å². The highest BCUT2D eigenvalue weighted by Crippen LogP contribution is 2.28. The van der Waals surface area contributed by atoms with Gasteiger partial charge in [-0.25, -0.2) is 24.6 Å². The van der Waals surface area contributed by atoms with Crippen LogP contribution >= 0.6 is 0 Å². The molecule has 1 aliphatic heterocycles. The minimum atomic E-state index is -4.56. The number of alkyl halides is 3. The Morgan fingerprint density at radius 3 is 2.80 bits per heavy atom. The predicted molar refractivity (Wildman–Crippen MR) is 101 cm³/mol. The van der Waals surface area contributed by atoms with Crippen molar-refractivity contribution in [1.29, 1.82) is 0 Å². The van der Waals surface area contributed by atoms with Crippen LogP contribution in [0.2, 0.25) is 0 Å². The Balaban J connectivity index is 1.50. The summed E-state index contributed by atoms with van der Waals surface area (Å²) in [6, 6.07) is 3.67. The molecule has 1 saturated heterocycles. The number of fused-ring (bicyclic) bond motifs is 1. The molecular formula is C19H17F3N8.